The van der Waals surface area contributed by atoms with Gasteiger partial charge in [-0.05, 0) is 37.1 Å². The Hall–Kier alpha value is -3.93. The van der Waals surface area contributed by atoms with Gasteiger partial charge in [0, 0.05) is 18.7 Å². The first-order valence-electron chi connectivity index (χ1n) is 10.4. The summed E-state index contributed by atoms with van der Waals surface area (Å²) in [5, 5.41) is 0. The fourth-order valence-corrected chi connectivity index (χ4v) is 3.15. The normalized spacial score (nSPS) is 11.2. The number of nitrogens with zero attached hydrogens (tertiary/aromatic N) is 2. The molecule has 6 nitrogen and oxygen atoms in total. The van der Waals surface area contributed by atoms with Gasteiger partial charge in [0.25, 0.3) is 0 Å². The third-order valence-corrected chi connectivity index (χ3v) is 4.74. The summed E-state index contributed by atoms with van der Waals surface area (Å²) in [4.78, 5) is 28.8. The zero-order valence-corrected chi connectivity index (χ0v) is 18.2. The maximum atomic E-state index is 12.2. The van der Waals surface area contributed by atoms with Gasteiger partial charge in [0.05, 0.1) is 11.4 Å². The summed E-state index contributed by atoms with van der Waals surface area (Å²) in [6.45, 7) is 4.94. The summed E-state index contributed by atoms with van der Waals surface area (Å²) in [6, 6.07) is 19.0. The summed E-state index contributed by atoms with van der Waals surface area (Å²) in [5.41, 5.74) is 3.13. The maximum Gasteiger partial charge on any atom is 0.331 e. The minimum absolute atomic E-state index is 0.201. The Balaban J connectivity index is 1.65. The summed E-state index contributed by atoms with van der Waals surface area (Å²) >= 11 is 0. The average Bonchev–Trinajstić information content (AvgIpc) is 3.14. The molecule has 32 heavy (non-hydrogen) atoms. The van der Waals surface area contributed by atoms with E-state index in [0.717, 1.165) is 17.0 Å². The van der Waals surface area contributed by atoms with Crippen molar-refractivity contribution in [2.24, 2.45) is 0 Å². The third kappa shape index (κ3) is 6.54. The number of esters is 2. The van der Waals surface area contributed by atoms with Crippen molar-refractivity contribution >= 4 is 24.1 Å². The van der Waals surface area contributed by atoms with Crippen molar-refractivity contribution in [2.75, 3.05) is 0 Å². The van der Waals surface area contributed by atoms with Gasteiger partial charge in [-0.1, -0.05) is 60.7 Å². The van der Waals surface area contributed by atoms with E-state index in [1.807, 2.05) is 79.1 Å². The summed E-state index contributed by atoms with van der Waals surface area (Å²) in [5.74, 6) is -0.135. The molecule has 1 aromatic heterocycles. The molecule has 164 valence electrons. The molecular weight excluding hydrogens is 404 g/mol. The van der Waals surface area contributed by atoms with Crippen LogP contribution in [0.1, 0.15) is 35.3 Å². The highest BCUT2D eigenvalue weighted by Crippen LogP contribution is 2.16. The molecule has 0 aliphatic rings. The van der Waals surface area contributed by atoms with Gasteiger partial charge < -0.3 is 14.0 Å². The number of rotatable bonds is 9. The fourth-order valence-electron chi connectivity index (χ4n) is 3.15. The van der Waals surface area contributed by atoms with E-state index < -0.39 is 11.9 Å². The first-order valence-corrected chi connectivity index (χ1v) is 10.4. The van der Waals surface area contributed by atoms with Crippen molar-refractivity contribution in [1.29, 1.82) is 0 Å². The highest BCUT2D eigenvalue weighted by Gasteiger charge is 2.11. The molecule has 6 heteroatoms. The molecule has 0 saturated heterocycles. The third-order valence-electron chi connectivity index (χ3n) is 4.74. The second kappa shape index (κ2) is 11.5. The van der Waals surface area contributed by atoms with Gasteiger partial charge >= 0.3 is 11.9 Å². The summed E-state index contributed by atoms with van der Waals surface area (Å²) < 4.78 is 12.5. The Morgan fingerprint density at radius 1 is 0.844 bits per heavy atom. The minimum atomic E-state index is -0.463. The molecule has 0 spiro atoms. The van der Waals surface area contributed by atoms with Crippen molar-refractivity contribution in [3.8, 4) is 0 Å². The van der Waals surface area contributed by atoms with Crippen molar-refractivity contribution in [1.82, 2.24) is 9.55 Å². The molecule has 0 atom stereocenters. The molecule has 0 aliphatic heterocycles. The van der Waals surface area contributed by atoms with Crippen molar-refractivity contribution in [2.45, 2.75) is 33.6 Å². The number of imidazole rings is 1. The number of carbonyl (C=O) groups excluding carboxylic acids is 2. The molecule has 0 amide bonds. The Kier molecular flexibility index (Phi) is 8.15. The number of aryl methyl sites for hydroxylation is 1. The molecule has 0 fully saturated rings. The highest BCUT2D eigenvalue weighted by atomic mass is 16.5. The van der Waals surface area contributed by atoms with E-state index in [1.54, 1.807) is 12.2 Å². The Bertz CT molecular complexity index is 1100. The first kappa shape index (κ1) is 22.7. The van der Waals surface area contributed by atoms with E-state index in [9.17, 15) is 9.59 Å². The Labute approximate surface area is 187 Å². The lowest BCUT2D eigenvalue weighted by Gasteiger charge is -2.05. The van der Waals surface area contributed by atoms with Gasteiger partial charge in [0.1, 0.15) is 19.0 Å². The molecule has 0 aliphatic carbocycles. The average molecular weight is 431 g/mol. The fraction of sp³-hybridized carbons (Fsp3) is 0.192. The lowest BCUT2D eigenvalue weighted by atomic mass is 10.2. The molecular formula is C26H26N2O4. The molecule has 3 aromatic rings. The molecule has 0 radical (unpaired) electrons. The van der Waals surface area contributed by atoms with Crippen LogP contribution in [-0.2, 0) is 38.8 Å². The second-order valence-electron chi connectivity index (χ2n) is 7.03. The van der Waals surface area contributed by atoms with Gasteiger partial charge in [0.2, 0.25) is 0 Å². The quantitative estimate of drug-likeness (QED) is 0.363. The van der Waals surface area contributed by atoms with Crippen LogP contribution in [0.3, 0.4) is 0 Å². The highest BCUT2D eigenvalue weighted by molar-refractivity contribution is 5.89. The lowest BCUT2D eigenvalue weighted by molar-refractivity contribution is -0.139. The van der Waals surface area contributed by atoms with E-state index in [4.69, 9.17) is 9.47 Å². The number of hydrogen-bond donors (Lipinski definition) is 0. The van der Waals surface area contributed by atoms with Crippen LogP contribution in [-0.4, -0.2) is 21.5 Å². The van der Waals surface area contributed by atoms with E-state index in [1.165, 1.54) is 12.2 Å². The molecule has 3 rings (SSSR count). The Morgan fingerprint density at radius 3 is 1.84 bits per heavy atom. The van der Waals surface area contributed by atoms with E-state index in [-0.39, 0.29) is 13.2 Å². The first-order chi connectivity index (χ1) is 15.6. The van der Waals surface area contributed by atoms with E-state index >= 15 is 0 Å². The van der Waals surface area contributed by atoms with Crippen molar-refractivity contribution < 1.29 is 19.1 Å². The second-order valence-corrected chi connectivity index (χ2v) is 7.03. The van der Waals surface area contributed by atoms with Gasteiger partial charge in [-0.3, -0.25) is 0 Å². The summed E-state index contributed by atoms with van der Waals surface area (Å²) in [7, 11) is 0. The van der Waals surface area contributed by atoms with Crippen LogP contribution in [0.4, 0.5) is 0 Å². The lowest BCUT2D eigenvalue weighted by Crippen LogP contribution is -2.03. The predicted molar refractivity (Wildman–Crippen MR) is 123 cm³/mol. The van der Waals surface area contributed by atoms with Crippen LogP contribution in [0.25, 0.3) is 12.2 Å². The van der Waals surface area contributed by atoms with Crippen LogP contribution in [0.5, 0.6) is 0 Å². The van der Waals surface area contributed by atoms with Crippen LogP contribution < -0.4 is 0 Å². The number of hydrogen-bond acceptors (Lipinski definition) is 5. The topological polar surface area (TPSA) is 70.4 Å². The van der Waals surface area contributed by atoms with Gasteiger partial charge in [0.15, 0.2) is 0 Å². The number of benzene rings is 2. The standard InChI is InChI=1S/C26H26N2O4/c1-3-28-20(2)27-23(14-16-25(29)31-18-21-10-6-4-7-11-21)24(28)15-17-26(30)32-19-22-12-8-5-9-13-22/h4-17H,3,18-19H2,1-2H3/b16-14+,17-15+. The smallest absolute Gasteiger partial charge is 0.331 e. The molecule has 1 heterocycles. The Morgan fingerprint density at radius 2 is 1.34 bits per heavy atom. The summed E-state index contributed by atoms with van der Waals surface area (Å²) in [6.07, 6.45) is 5.97. The molecule has 0 saturated carbocycles. The van der Waals surface area contributed by atoms with Crippen molar-refractivity contribution in [3.05, 3.63) is 101 Å². The van der Waals surface area contributed by atoms with Gasteiger partial charge in [-0.2, -0.15) is 0 Å². The number of ether oxygens (including phenoxy) is 2. The molecule has 2 aromatic carbocycles. The number of carbonyl (C=O) groups is 2. The van der Waals surface area contributed by atoms with Gasteiger partial charge in [-0.25, -0.2) is 14.6 Å². The number of aromatic nitrogens is 2. The van der Waals surface area contributed by atoms with Gasteiger partial charge in [-0.15, -0.1) is 0 Å². The van der Waals surface area contributed by atoms with Crippen LogP contribution in [0.15, 0.2) is 72.8 Å². The predicted octanol–water partition coefficient (Wildman–Crippen LogP) is 4.72. The molecule has 0 N–H and O–H groups in total. The van der Waals surface area contributed by atoms with Crippen LogP contribution in [0.2, 0.25) is 0 Å². The van der Waals surface area contributed by atoms with E-state index in [0.29, 0.717) is 17.9 Å². The van der Waals surface area contributed by atoms with Crippen LogP contribution in [0, 0.1) is 6.92 Å². The molecule has 0 unspecified atom stereocenters. The molecule has 0 bridgehead atoms. The monoisotopic (exact) mass is 430 g/mol. The zero-order valence-electron chi connectivity index (χ0n) is 18.2. The van der Waals surface area contributed by atoms with E-state index in [2.05, 4.69) is 4.98 Å². The van der Waals surface area contributed by atoms with Crippen LogP contribution >= 0.6 is 0 Å². The zero-order chi connectivity index (χ0) is 22.8. The maximum absolute atomic E-state index is 12.2. The van der Waals surface area contributed by atoms with Crippen molar-refractivity contribution in [3.63, 3.8) is 0 Å². The minimum Gasteiger partial charge on any atom is -0.458 e. The largest absolute Gasteiger partial charge is 0.458 e. The SMILES string of the molecule is CCn1c(C)nc(/C=C/C(=O)OCc2ccccc2)c1/C=C/C(=O)OCc1ccccc1.